The lowest BCUT2D eigenvalue weighted by atomic mass is 10.0. The lowest BCUT2D eigenvalue weighted by molar-refractivity contribution is -0.143. The standard InChI is InChI=1S/C8H12BrF3/c9-5-7(3-6-1-2-6)4-8(10,11)12/h6-7H,1-5H2. The van der Waals surface area contributed by atoms with Crippen LogP contribution in [0.25, 0.3) is 0 Å². The Labute approximate surface area is 78.7 Å². The second kappa shape index (κ2) is 3.99. The molecule has 1 aliphatic carbocycles. The highest BCUT2D eigenvalue weighted by Gasteiger charge is 2.34. The molecule has 1 aliphatic rings. The monoisotopic (exact) mass is 244 g/mol. The van der Waals surface area contributed by atoms with Crippen molar-refractivity contribution in [2.45, 2.75) is 31.9 Å². The third-order valence-electron chi connectivity index (χ3n) is 2.10. The maximum atomic E-state index is 11.9. The molecule has 0 aromatic carbocycles. The van der Waals surface area contributed by atoms with Crippen molar-refractivity contribution >= 4 is 15.9 Å². The topological polar surface area (TPSA) is 0 Å². The summed E-state index contributed by atoms with van der Waals surface area (Å²) in [6, 6.07) is 0. The molecule has 4 heteroatoms. The minimum Gasteiger partial charge on any atom is -0.171 e. The van der Waals surface area contributed by atoms with Crippen molar-refractivity contribution in [1.82, 2.24) is 0 Å². The summed E-state index contributed by atoms with van der Waals surface area (Å²) in [5, 5.41) is 0.475. The molecule has 1 unspecified atom stereocenters. The molecule has 0 saturated heterocycles. The van der Waals surface area contributed by atoms with Crippen LogP contribution >= 0.6 is 15.9 Å². The second-order valence-electron chi connectivity index (χ2n) is 3.52. The smallest absolute Gasteiger partial charge is 0.171 e. The quantitative estimate of drug-likeness (QED) is 0.661. The van der Waals surface area contributed by atoms with Crippen LogP contribution in [0.15, 0.2) is 0 Å². The van der Waals surface area contributed by atoms with E-state index in [0.717, 1.165) is 19.3 Å². The summed E-state index contributed by atoms with van der Waals surface area (Å²) in [5.41, 5.74) is 0. The fraction of sp³-hybridized carbons (Fsp3) is 1.00. The van der Waals surface area contributed by atoms with Crippen LogP contribution < -0.4 is 0 Å². The molecule has 72 valence electrons. The molecule has 0 radical (unpaired) electrons. The van der Waals surface area contributed by atoms with Crippen LogP contribution in [0.1, 0.15) is 25.7 Å². The molecule has 1 saturated carbocycles. The zero-order valence-corrected chi connectivity index (χ0v) is 8.29. The Morgan fingerprint density at radius 2 is 1.92 bits per heavy atom. The fourth-order valence-electron chi connectivity index (χ4n) is 1.35. The minimum absolute atomic E-state index is 0.211. The Morgan fingerprint density at radius 3 is 2.25 bits per heavy atom. The number of alkyl halides is 4. The molecule has 0 N–H and O–H groups in total. The second-order valence-corrected chi connectivity index (χ2v) is 4.17. The van der Waals surface area contributed by atoms with Gasteiger partial charge in [-0.3, -0.25) is 0 Å². The first-order chi connectivity index (χ1) is 5.51. The van der Waals surface area contributed by atoms with Crippen molar-refractivity contribution in [2.24, 2.45) is 11.8 Å². The van der Waals surface area contributed by atoms with Crippen molar-refractivity contribution in [1.29, 1.82) is 0 Å². The molecular formula is C8H12BrF3. The van der Waals surface area contributed by atoms with Crippen LogP contribution in [-0.4, -0.2) is 11.5 Å². The van der Waals surface area contributed by atoms with Gasteiger partial charge in [0.1, 0.15) is 0 Å². The summed E-state index contributed by atoms with van der Waals surface area (Å²) in [7, 11) is 0. The predicted molar refractivity (Wildman–Crippen MR) is 45.3 cm³/mol. The van der Waals surface area contributed by atoms with Gasteiger partial charge >= 0.3 is 6.18 Å². The lowest BCUT2D eigenvalue weighted by Gasteiger charge is -2.15. The van der Waals surface area contributed by atoms with Gasteiger partial charge in [0.2, 0.25) is 0 Å². The van der Waals surface area contributed by atoms with E-state index < -0.39 is 12.6 Å². The van der Waals surface area contributed by atoms with Gasteiger partial charge < -0.3 is 0 Å². The molecule has 1 rings (SSSR count). The van der Waals surface area contributed by atoms with E-state index in [0.29, 0.717) is 11.2 Å². The summed E-state index contributed by atoms with van der Waals surface area (Å²) >= 11 is 3.12. The largest absolute Gasteiger partial charge is 0.389 e. The van der Waals surface area contributed by atoms with Gasteiger partial charge in [0, 0.05) is 11.8 Å². The number of hydrogen-bond donors (Lipinski definition) is 0. The van der Waals surface area contributed by atoms with Gasteiger partial charge in [-0.05, 0) is 18.3 Å². The maximum absolute atomic E-state index is 11.9. The van der Waals surface area contributed by atoms with E-state index >= 15 is 0 Å². The molecule has 12 heavy (non-hydrogen) atoms. The molecule has 0 nitrogen and oxygen atoms in total. The van der Waals surface area contributed by atoms with E-state index in [2.05, 4.69) is 15.9 Å². The minimum atomic E-state index is -3.99. The van der Waals surface area contributed by atoms with Crippen LogP contribution in [0.2, 0.25) is 0 Å². The molecular weight excluding hydrogens is 233 g/mol. The molecule has 0 bridgehead atoms. The summed E-state index contributed by atoms with van der Waals surface area (Å²) in [6.45, 7) is 0. The highest BCUT2D eigenvalue weighted by molar-refractivity contribution is 9.09. The Morgan fingerprint density at radius 1 is 1.33 bits per heavy atom. The molecule has 1 atom stereocenters. The van der Waals surface area contributed by atoms with Crippen molar-refractivity contribution in [2.75, 3.05) is 5.33 Å². The van der Waals surface area contributed by atoms with Crippen molar-refractivity contribution in [3.63, 3.8) is 0 Å². The van der Waals surface area contributed by atoms with Gasteiger partial charge in [-0.1, -0.05) is 28.8 Å². The van der Waals surface area contributed by atoms with E-state index in [1.165, 1.54) is 0 Å². The van der Waals surface area contributed by atoms with E-state index in [1.807, 2.05) is 0 Å². The Balaban J connectivity index is 2.23. The van der Waals surface area contributed by atoms with Gasteiger partial charge in [-0.25, -0.2) is 0 Å². The molecule has 0 amide bonds. The van der Waals surface area contributed by atoms with Gasteiger partial charge in [0.15, 0.2) is 0 Å². The van der Waals surface area contributed by atoms with Crippen LogP contribution in [0, 0.1) is 11.8 Å². The Bertz CT molecular complexity index is 140. The zero-order chi connectivity index (χ0) is 9.19. The Hall–Kier alpha value is 0.270. The maximum Gasteiger partial charge on any atom is 0.389 e. The highest BCUT2D eigenvalue weighted by Crippen LogP contribution is 2.39. The van der Waals surface area contributed by atoms with Crippen LogP contribution in [0.4, 0.5) is 13.2 Å². The zero-order valence-electron chi connectivity index (χ0n) is 6.70. The average Bonchev–Trinajstić information content (AvgIpc) is 2.67. The van der Waals surface area contributed by atoms with Crippen LogP contribution in [0.5, 0.6) is 0 Å². The molecule has 0 aliphatic heterocycles. The SMILES string of the molecule is FC(F)(F)CC(CBr)CC1CC1. The van der Waals surface area contributed by atoms with Gasteiger partial charge in [0.05, 0.1) is 0 Å². The third kappa shape index (κ3) is 4.33. The first kappa shape index (κ1) is 10.4. The van der Waals surface area contributed by atoms with E-state index in [1.54, 1.807) is 0 Å². The van der Waals surface area contributed by atoms with Gasteiger partial charge in [0.25, 0.3) is 0 Å². The number of hydrogen-bond acceptors (Lipinski definition) is 0. The van der Waals surface area contributed by atoms with Crippen molar-refractivity contribution in [3.8, 4) is 0 Å². The first-order valence-corrected chi connectivity index (χ1v) is 5.26. The van der Waals surface area contributed by atoms with E-state index in [4.69, 9.17) is 0 Å². The Kier molecular flexibility index (Phi) is 3.44. The number of halogens is 4. The summed E-state index contributed by atoms with van der Waals surface area (Å²) in [6.07, 6.45) is -1.63. The van der Waals surface area contributed by atoms with E-state index in [9.17, 15) is 13.2 Å². The van der Waals surface area contributed by atoms with Crippen molar-refractivity contribution < 1.29 is 13.2 Å². The van der Waals surface area contributed by atoms with Crippen LogP contribution in [0.3, 0.4) is 0 Å². The summed E-state index contributed by atoms with van der Waals surface area (Å²) < 4.78 is 35.8. The molecule has 0 heterocycles. The molecule has 0 aromatic rings. The van der Waals surface area contributed by atoms with E-state index in [-0.39, 0.29) is 5.92 Å². The lowest BCUT2D eigenvalue weighted by Crippen LogP contribution is -2.16. The van der Waals surface area contributed by atoms with Gasteiger partial charge in [-0.15, -0.1) is 0 Å². The molecule has 0 aromatic heterocycles. The average molecular weight is 245 g/mol. The van der Waals surface area contributed by atoms with Crippen LogP contribution in [-0.2, 0) is 0 Å². The molecule has 0 spiro atoms. The molecule has 1 fully saturated rings. The third-order valence-corrected chi connectivity index (χ3v) is 3.02. The summed E-state index contributed by atoms with van der Waals surface area (Å²) in [5.74, 6) is 0.368. The first-order valence-electron chi connectivity index (χ1n) is 4.14. The normalized spacial score (nSPS) is 21.0. The van der Waals surface area contributed by atoms with Gasteiger partial charge in [-0.2, -0.15) is 13.2 Å². The van der Waals surface area contributed by atoms with Crippen molar-refractivity contribution in [3.05, 3.63) is 0 Å². The summed E-state index contributed by atoms with van der Waals surface area (Å²) in [4.78, 5) is 0. The number of rotatable bonds is 4. The fourth-order valence-corrected chi connectivity index (χ4v) is 1.85. The highest BCUT2D eigenvalue weighted by atomic mass is 79.9. The predicted octanol–water partition coefficient (Wildman–Crippen LogP) is 3.75.